The van der Waals surface area contributed by atoms with E-state index < -0.39 is 6.04 Å². The van der Waals surface area contributed by atoms with Crippen LogP contribution in [0.1, 0.15) is 30.9 Å². The number of hydrogen-bond donors (Lipinski definition) is 2. The molecule has 1 rings (SSSR count). The number of ether oxygens (including phenoxy) is 1. The Morgan fingerprint density at radius 2 is 2.21 bits per heavy atom. The summed E-state index contributed by atoms with van der Waals surface area (Å²) in [4.78, 5) is 11.6. The zero-order valence-corrected chi connectivity index (χ0v) is 12.0. The van der Waals surface area contributed by atoms with E-state index in [-0.39, 0.29) is 5.91 Å². The highest BCUT2D eigenvalue weighted by Gasteiger charge is 2.11. The number of carbonyl (C=O) groups is 1. The van der Waals surface area contributed by atoms with Crippen molar-refractivity contribution in [2.24, 2.45) is 5.73 Å². The first-order valence-electron chi connectivity index (χ1n) is 6.75. The molecule has 0 aromatic heterocycles. The van der Waals surface area contributed by atoms with Gasteiger partial charge in [0.25, 0.3) is 0 Å². The summed E-state index contributed by atoms with van der Waals surface area (Å²) in [5.74, 6) is 0.812. The molecule has 0 heterocycles. The first-order chi connectivity index (χ1) is 9.08. The highest BCUT2D eigenvalue weighted by Crippen LogP contribution is 2.18. The van der Waals surface area contributed by atoms with Gasteiger partial charge < -0.3 is 15.8 Å². The van der Waals surface area contributed by atoms with Crippen LogP contribution in [0.2, 0.25) is 0 Å². The molecular formula is C15H24N2O2. The third-order valence-corrected chi connectivity index (χ3v) is 3.12. The highest BCUT2D eigenvalue weighted by atomic mass is 16.5. The molecule has 0 spiro atoms. The van der Waals surface area contributed by atoms with E-state index >= 15 is 0 Å². The Hall–Kier alpha value is -1.55. The highest BCUT2D eigenvalue weighted by molar-refractivity contribution is 5.81. The van der Waals surface area contributed by atoms with Crippen molar-refractivity contribution in [1.82, 2.24) is 5.32 Å². The molecular weight excluding hydrogens is 240 g/mol. The molecule has 1 atom stereocenters. The molecule has 1 aromatic carbocycles. The fourth-order valence-corrected chi connectivity index (χ4v) is 1.92. The predicted octanol–water partition coefficient (Wildman–Crippen LogP) is 1.79. The van der Waals surface area contributed by atoms with E-state index in [4.69, 9.17) is 10.5 Å². The summed E-state index contributed by atoms with van der Waals surface area (Å²) in [6, 6.07) is 5.69. The zero-order chi connectivity index (χ0) is 14.3. The smallest absolute Gasteiger partial charge is 0.236 e. The predicted molar refractivity (Wildman–Crippen MR) is 77.3 cm³/mol. The Labute approximate surface area is 115 Å². The number of benzene rings is 1. The molecule has 0 aliphatic heterocycles. The number of hydrogen-bond acceptors (Lipinski definition) is 3. The molecule has 3 N–H and O–H groups in total. The molecule has 4 nitrogen and oxygen atoms in total. The summed E-state index contributed by atoms with van der Waals surface area (Å²) in [7, 11) is 1.66. The van der Waals surface area contributed by atoms with Crippen LogP contribution in [-0.2, 0) is 11.2 Å². The largest absolute Gasteiger partial charge is 0.496 e. The number of methoxy groups -OCH3 is 1. The Morgan fingerprint density at radius 3 is 2.84 bits per heavy atom. The summed E-state index contributed by atoms with van der Waals surface area (Å²) >= 11 is 0. The van der Waals surface area contributed by atoms with Crippen molar-refractivity contribution in [2.45, 2.75) is 39.2 Å². The first kappa shape index (κ1) is 15.5. The average Bonchev–Trinajstić information content (AvgIpc) is 2.40. The molecule has 0 bridgehead atoms. The zero-order valence-electron chi connectivity index (χ0n) is 12.0. The summed E-state index contributed by atoms with van der Waals surface area (Å²) in [5.41, 5.74) is 8.00. The second kappa shape index (κ2) is 7.79. The molecule has 0 aliphatic rings. The van der Waals surface area contributed by atoms with Crippen LogP contribution < -0.4 is 15.8 Å². The summed E-state index contributed by atoms with van der Waals surface area (Å²) in [5, 5.41) is 2.86. The topological polar surface area (TPSA) is 64.4 Å². The van der Waals surface area contributed by atoms with Crippen molar-refractivity contribution >= 4 is 5.91 Å². The van der Waals surface area contributed by atoms with Gasteiger partial charge in [0.05, 0.1) is 13.2 Å². The van der Waals surface area contributed by atoms with Crippen molar-refractivity contribution in [2.75, 3.05) is 13.7 Å². The van der Waals surface area contributed by atoms with E-state index in [0.717, 1.165) is 36.1 Å². The second-order valence-corrected chi connectivity index (χ2v) is 4.74. The summed E-state index contributed by atoms with van der Waals surface area (Å²) in [6.45, 7) is 4.63. The average molecular weight is 264 g/mol. The number of aryl methyl sites for hydroxylation is 1. The van der Waals surface area contributed by atoms with Gasteiger partial charge in [-0.2, -0.15) is 0 Å². The fourth-order valence-electron chi connectivity index (χ4n) is 1.92. The van der Waals surface area contributed by atoms with Crippen LogP contribution in [0.4, 0.5) is 0 Å². The maximum Gasteiger partial charge on any atom is 0.236 e. The van der Waals surface area contributed by atoms with Gasteiger partial charge in [0.2, 0.25) is 5.91 Å². The van der Waals surface area contributed by atoms with Gasteiger partial charge in [-0.05, 0) is 37.0 Å². The number of nitrogens with two attached hydrogens (primary N) is 1. The molecule has 1 unspecified atom stereocenters. The molecule has 106 valence electrons. The maximum atomic E-state index is 11.6. The molecule has 0 radical (unpaired) electrons. The number of rotatable bonds is 7. The molecule has 0 saturated carbocycles. The van der Waals surface area contributed by atoms with Gasteiger partial charge >= 0.3 is 0 Å². The first-order valence-corrected chi connectivity index (χ1v) is 6.75. The Kier molecular flexibility index (Phi) is 6.36. The van der Waals surface area contributed by atoms with Crippen LogP contribution in [0.25, 0.3) is 0 Å². The van der Waals surface area contributed by atoms with Crippen LogP contribution in [0, 0.1) is 6.92 Å². The minimum absolute atomic E-state index is 0.0686. The molecule has 4 heteroatoms. The number of nitrogens with one attached hydrogen (secondary N) is 1. The van der Waals surface area contributed by atoms with Crippen molar-refractivity contribution in [3.05, 3.63) is 29.3 Å². The van der Waals surface area contributed by atoms with Crippen molar-refractivity contribution < 1.29 is 9.53 Å². The van der Waals surface area contributed by atoms with Gasteiger partial charge in [-0.25, -0.2) is 0 Å². The molecule has 19 heavy (non-hydrogen) atoms. The van der Waals surface area contributed by atoms with Gasteiger partial charge in [0, 0.05) is 6.54 Å². The monoisotopic (exact) mass is 264 g/mol. The standard InChI is InChI=1S/C15H24N2O2/c1-4-5-13(16)15(18)17-9-8-12-7-6-11(2)14(10-12)19-3/h6-7,10,13H,4-5,8-9,16H2,1-3H3,(H,17,18). The lowest BCUT2D eigenvalue weighted by atomic mass is 10.1. The summed E-state index contributed by atoms with van der Waals surface area (Å²) < 4.78 is 5.28. The van der Waals surface area contributed by atoms with E-state index in [2.05, 4.69) is 11.4 Å². The molecule has 0 aliphatic carbocycles. The minimum atomic E-state index is -0.391. The van der Waals surface area contributed by atoms with E-state index in [1.165, 1.54) is 0 Å². The van der Waals surface area contributed by atoms with Crippen LogP contribution in [-0.4, -0.2) is 25.6 Å². The lowest BCUT2D eigenvalue weighted by molar-refractivity contribution is -0.122. The lowest BCUT2D eigenvalue weighted by Crippen LogP contribution is -2.41. The quantitative estimate of drug-likeness (QED) is 0.789. The van der Waals surface area contributed by atoms with E-state index in [1.54, 1.807) is 7.11 Å². The minimum Gasteiger partial charge on any atom is -0.496 e. The van der Waals surface area contributed by atoms with Gasteiger partial charge in [0.15, 0.2) is 0 Å². The van der Waals surface area contributed by atoms with Crippen LogP contribution in [0.5, 0.6) is 5.75 Å². The van der Waals surface area contributed by atoms with Crippen molar-refractivity contribution in [3.63, 3.8) is 0 Å². The second-order valence-electron chi connectivity index (χ2n) is 4.74. The maximum absolute atomic E-state index is 11.6. The normalized spacial score (nSPS) is 12.0. The Morgan fingerprint density at radius 1 is 1.47 bits per heavy atom. The molecule has 0 fully saturated rings. The third-order valence-electron chi connectivity index (χ3n) is 3.12. The number of carbonyl (C=O) groups excluding carboxylic acids is 1. The van der Waals surface area contributed by atoms with Crippen molar-refractivity contribution in [3.8, 4) is 5.75 Å². The van der Waals surface area contributed by atoms with Gasteiger partial charge in [-0.3, -0.25) is 4.79 Å². The molecule has 0 saturated heterocycles. The Bertz CT molecular complexity index is 419. The van der Waals surface area contributed by atoms with Gasteiger partial charge in [-0.1, -0.05) is 25.5 Å². The fraction of sp³-hybridized carbons (Fsp3) is 0.533. The van der Waals surface area contributed by atoms with Gasteiger partial charge in [-0.15, -0.1) is 0 Å². The molecule has 1 amide bonds. The van der Waals surface area contributed by atoms with Crippen LogP contribution >= 0.6 is 0 Å². The molecule has 1 aromatic rings. The Balaban J connectivity index is 2.43. The summed E-state index contributed by atoms with van der Waals surface area (Å²) in [6.07, 6.45) is 2.43. The SMILES string of the molecule is CCCC(N)C(=O)NCCc1ccc(C)c(OC)c1. The third kappa shape index (κ3) is 4.91. The van der Waals surface area contributed by atoms with Crippen molar-refractivity contribution in [1.29, 1.82) is 0 Å². The number of amides is 1. The van der Waals surface area contributed by atoms with Crippen LogP contribution in [0.15, 0.2) is 18.2 Å². The van der Waals surface area contributed by atoms with E-state index in [1.807, 2.05) is 26.0 Å². The lowest BCUT2D eigenvalue weighted by Gasteiger charge is -2.12. The van der Waals surface area contributed by atoms with Gasteiger partial charge in [0.1, 0.15) is 5.75 Å². The van der Waals surface area contributed by atoms with E-state index in [9.17, 15) is 4.79 Å². The van der Waals surface area contributed by atoms with Crippen LogP contribution in [0.3, 0.4) is 0 Å². The van der Waals surface area contributed by atoms with E-state index in [0.29, 0.717) is 6.54 Å².